The Morgan fingerprint density at radius 3 is 2.50 bits per heavy atom. The van der Waals surface area contributed by atoms with E-state index >= 15 is 0 Å². The number of carbonyl (C=O) groups excluding carboxylic acids is 1. The molecule has 0 saturated heterocycles. The first kappa shape index (κ1) is 17.6. The third-order valence-electron chi connectivity index (χ3n) is 3.96. The van der Waals surface area contributed by atoms with Crippen molar-refractivity contribution in [2.24, 2.45) is 5.92 Å². The van der Waals surface area contributed by atoms with Crippen LogP contribution in [0.3, 0.4) is 0 Å². The average molecular weight is 331 g/mol. The zero-order valence-corrected chi connectivity index (χ0v) is 13.9. The summed E-state index contributed by atoms with van der Waals surface area (Å²) >= 11 is 0. The number of aliphatic carboxylic acids is 1. The quantitative estimate of drug-likeness (QED) is 0.796. The van der Waals surface area contributed by atoms with Gasteiger partial charge in [0.25, 0.3) is 0 Å². The van der Waals surface area contributed by atoms with Crippen LogP contribution in [0.2, 0.25) is 0 Å². The highest BCUT2D eigenvalue weighted by Gasteiger charge is 2.28. The molecular weight excluding hydrogens is 310 g/mol. The topological polar surface area (TPSA) is 110 Å². The molecule has 3 unspecified atom stereocenters. The fourth-order valence-electron chi connectivity index (χ4n) is 2.15. The van der Waals surface area contributed by atoms with Crippen molar-refractivity contribution in [2.75, 3.05) is 0 Å². The molecule has 0 saturated carbocycles. The van der Waals surface area contributed by atoms with Crippen LogP contribution in [0.1, 0.15) is 33.2 Å². The van der Waals surface area contributed by atoms with E-state index in [1.54, 1.807) is 13.8 Å². The van der Waals surface area contributed by atoms with E-state index in [0.29, 0.717) is 12.2 Å². The Hall–Kier alpha value is -2.77. The Kier molecular flexibility index (Phi) is 5.62. The van der Waals surface area contributed by atoms with Crippen LogP contribution in [-0.4, -0.2) is 43.2 Å². The minimum Gasteiger partial charge on any atom is -0.480 e. The molecule has 0 bridgehead atoms. The van der Waals surface area contributed by atoms with E-state index < -0.39 is 24.0 Å². The second-order valence-corrected chi connectivity index (χ2v) is 5.69. The number of hydrogen-bond acceptors (Lipinski definition) is 5. The van der Waals surface area contributed by atoms with Gasteiger partial charge in [-0.15, -0.1) is 10.2 Å². The molecule has 0 aliphatic carbocycles. The Morgan fingerprint density at radius 1 is 1.25 bits per heavy atom. The Balaban J connectivity index is 2.11. The van der Waals surface area contributed by atoms with Crippen LogP contribution in [0.4, 0.5) is 0 Å². The van der Waals surface area contributed by atoms with E-state index in [4.69, 9.17) is 0 Å². The third-order valence-corrected chi connectivity index (χ3v) is 3.96. The number of nitrogens with zero attached hydrogens (tertiary/aromatic N) is 4. The molecule has 1 aromatic heterocycles. The molecule has 3 atom stereocenters. The zero-order chi connectivity index (χ0) is 17.7. The van der Waals surface area contributed by atoms with Crippen LogP contribution in [0.25, 0.3) is 11.4 Å². The lowest BCUT2D eigenvalue weighted by Crippen LogP contribution is -2.47. The number of benzene rings is 1. The minimum atomic E-state index is -1.05. The molecule has 0 radical (unpaired) electrons. The summed E-state index contributed by atoms with van der Waals surface area (Å²) in [5.74, 6) is -1.28. The van der Waals surface area contributed by atoms with E-state index in [9.17, 15) is 14.7 Å². The monoisotopic (exact) mass is 331 g/mol. The molecule has 2 aromatic rings. The molecule has 1 amide bonds. The van der Waals surface area contributed by atoms with Crippen LogP contribution in [0.5, 0.6) is 0 Å². The molecule has 1 aromatic carbocycles. The van der Waals surface area contributed by atoms with Gasteiger partial charge < -0.3 is 10.4 Å². The highest BCUT2D eigenvalue weighted by atomic mass is 16.4. The number of carboxylic acids is 1. The second kappa shape index (κ2) is 7.67. The summed E-state index contributed by atoms with van der Waals surface area (Å²) in [6.07, 6.45) is 0.644. The van der Waals surface area contributed by atoms with Gasteiger partial charge in [-0.3, -0.25) is 4.79 Å². The summed E-state index contributed by atoms with van der Waals surface area (Å²) < 4.78 is 0. The van der Waals surface area contributed by atoms with Gasteiger partial charge in [0.15, 0.2) is 0 Å². The molecule has 24 heavy (non-hydrogen) atoms. The van der Waals surface area contributed by atoms with Crippen LogP contribution < -0.4 is 5.32 Å². The van der Waals surface area contributed by atoms with Crippen LogP contribution in [-0.2, 0) is 9.59 Å². The molecule has 8 heteroatoms. The summed E-state index contributed by atoms with van der Waals surface area (Å²) in [4.78, 5) is 24.8. The van der Waals surface area contributed by atoms with Crippen molar-refractivity contribution in [3.05, 3.63) is 30.3 Å². The lowest BCUT2D eigenvalue weighted by atomic mass is 9.99. The Bertz CT molecular complexity index is 701. The van der Waals surface area contributed by atoms with Crippen LogP contribution >= 0.6 is 0 Å². The molecule has 0 aliphatic rings. The SMILES string of the molecule is CCC(C)C(NC(=O)C(C)n1nnc(-c2ccccc2)n1)C(=O)O. The van der Waals surface area contributed by atoms with Gasteiger partial charge in [0.2, 0.25) is 11.7 Å². The summed E-state index contributed by atoms with van der Waals surface area (Å²) in [6.45, 7) is 5.26. The number of carboxylic acid groups (broad SMARTS) is 1. The first-order valence-corrected chi connectivity index (χ1v) is 7.82. The van der Waals surface area contributed by atoms with E-state index in [-0.39, 0.29) is 5.92 Å². The van der Waals surface area contributed by atoms with Gasteiger partial charge >= 0.3 is 5.97 Å². The standard InChI is InChI=1S/C16H21N5O3/c1-4-10(2)13(16(23)24)17-15(22)11(3)21-19-14(18-20-21)12-8-6-5-7-9-12/h5-11,13H,4H2,1-3H3,(H,17,22)(H,23,24). The smallest absolute Gasteiger partial charge is 0.326 e. The number of tetrazole rings is 1. The van der Waals surface area contributed by atoms with E-state index in [1.807, 2.05) is 37.3 Å². The minimum absolute atomic E-state index is 0.178. The van der Waals surface area contributed by atoms with Gasteiger partial charge in [-0.25, -0.2) is 4.79 Å². The van der Waals surface area contributed by atoms with E-state index in [2.05, 4.69) is 20.7 Å². The average Bonchev–Trinajstić information content (AvgIpc) is 3.08. The fraction of sp³-hybridized carbons (Fsp3) is 0.438. The number of hydrogen-bond donors (Lipinski definition) is 2. The predicted molar refractivity (Wildman–Crippen MR) is 87.0 cm³/mol. The van der Waals surface area contributed by atoms with Gasteiger partial charge in [-0.2, -0.15) is 4.80 Å². The molecular formula is C16H21N5O3. The fourth-order valence-corrected chi connectivity index (χ4v) is 2.15. The predicted octanol–water partition coefficient (Wildman–Crippen LogP) is 1.52. The highest BCUT2D eigenvalue weighted by molar-refractivity contribution is 5.85. The first-order chi connectivity index (χ1) is 11.4. The van der Waals surface area contributed by atoms with Crippen LogP contribution in [0.15, 0.2) is 30.3 Å². The summed E-state index contributed by atoms with van der Waals surface area (Å²) in [6, 6.07) is 7.57. The lowest BCUT2D eigenvalue weighted by Gasteiger charge is -2.21. The van der Waals surface area contributed by atoms with Gasteiger partial charge in [0, 0.05) is 5.56 Å². The maximum atomic E-state index is 12.3. The molecule has 0 aliphatic heterocycles. The van der Waals surface area contributed by atoms with Crippen molar-refractivity contribution < 1.29 is 14.7 Å². The number of amides is 1. The summed E-state index contributed by atoms with van der Waals surface area (Å²) in [7, 11) is 0. The highest BCUT2D eigenvalue weighted by Crippen LogP contribution is 2.14. The van der Waals surface area contributed by atoms with E-state index in [1.165, 1.54) is 4.80 Å². The molecule has 0 fully saturated rings. The van der Waals surface area contributed by atoms with Gasteiger partial charge in [0.05, 0.1) is 0 Å². The number of aromatic nitrogens is 4. The van der Waals surface area contributed by atoms with Gasteiger partial charge in [-0.05, 0) is 18.1 Å². The molecule has 2 rings (SSSR count). The lowest BCUT2D eigenvalue weighted by molar-refractivity contribution is -0.143. The maximum Gasteiger partial charge on any atom is 0.326 e. The molecule has 2 N–H and O–H groups in total. The van der Waals surface area contributed by atoms with Crippen molar-refractivity contribution in [1.82, 2.24) is 25.5 Å². The van der Waals surface area contributed by atoms with Crippen molar-refractivity contribution >= 4 is 11.9 Å². The normalized spacial score (nSPS) is 14.6. The second-order valence-electron chi connectivity index (χ2n) is 5.69. The molecule has 1 heterocycles. The zero-order valence-electron chi connectivity index (χ0n) is 13.9. The summed E-state index contributed by atoms with van der Waals surface area (Å²) in [5.41, 5.74) is 0.791. The molecule has 128 valence electrons. The first-order valence-electron chi connectivity index (χ1n) is 7.82. The van der Waals surface area contributed by atoms with Crippen molar-refractivity contribution in [3.63, 3.8) is 0 Å². The van der Waals surface area contributed by atoms with Crippen molar-refractivity contribution in [3.8, 4) is 11.4 Å². The largest absolute Gasteiger partial charge is 0.480 e. The van der Waals surface area contributed by atoms with Gasteiger partial charge in [-0.1, -0.05) is 50.6 Å². The number of nitrogens with one attached hydrogen (secondary N) is 1. The Labute approximate surface area is 139 Å². The van der Waals surface area contributed by atoms with Crippen molar-refractivity contribution in [2.45, 2.75) is 39.3 Å². The Morgan fingerprint density at radius 2 is 1.92 bits per heavy atom. The molecule has 0 spiro atoms. The summed E-state index contributed by atoms with van der Waals surface area (Å²) in [5, 5.41) is 23.9. The maximum absolute atomic E-state index is 12.3. The molecule has 8 nitrogen and oxygen atoms in total. The van der Waals surface area contributed by atoms with E-state index in [0.717, 1.165) is 5.56 Å². The third kappa shape index (κ3) is 3.95. The number of rotatable bonds is 7. The van der Waals surface area contributed by atoms with Gasteiger partial charge in [0.1, 0.15) is 12.1 Å². The number of carbonyl (C=O) groups is 2. The van der Waals surface area contributed by atoms with Crippen molar-refractivity contribution in [1.29, 1.82) is 0 Å². The van der Waals surface area contributed by atoms with Crippen LogP contribution in [0, 0.1) is 5.92 Å².